The van der Waals surface area contributed by atoms with Gasteiger partial charge in [-0.3, -0.25) is 0 Å². The second-order valence-electron chi connectivity index (χ2n) is 9.36. The molecule has 2 amide bonds. The van der Waals surface area contributed by atoms with Gasteiger partial charge in [0.15, 0.2) is 5.69 Å². The van der Waals surface area contributed by atoms with Crippen LogP contribution >= 0.6 is 23.2 Å². The third-order valence-corrected chi connectivity index (χ3v) is 8.56. The lowest BCUT2D eigenvalue weighted by atomic mass is 10.1. The second-order valence-corrected chi connectivity index (χ2v) is 12.0. The lowest BCUT2D eigenvalue weighted by Gasteiger charge is -2.32. The Balaban J connectivity index is 1.63. The lowest BCUT2D eigenvalue weighted by molar-refractivity contribution is 0.225. The minimum Gasteiger partial charge on any atom is -0.489 e. The summed E-state index contributed by atoms with van der Waals surface area (Å²) in [5, 5.41) is 0.932. The molecule has 8 nitrogen and oxygen atoms in total. The highest BCUT2D eigenvalue weighted by atomic mass is 35.5. The van der Waals surface area contributed by atoms with Crippen molar-refractivity contribution in [2.24, 2.45) is 4.99 Å². The number of carbonyl (C=O) groups excluding carboxylic acids is 1. The number of benzene rings is 3. The number of ether oxygens (including phenoxy) is 1. The molecule has 1 unspecified atom stereocenters. The fourth-order valence-corrected chi connectivity index (χ4v) is 6.00. The molecule has 0 fully saturated rings. The minimum atomic E-state index is -3.84. The summed E-state index contributed by atoms with van der Waals surface area (Å²) in [6, 6.07) is 17.1. The van der Waals surface area contributed by atoms with Gasteiger partial charge in [0.1, 0.15) is 24.6 Å². The van der Waals surface area contributed by atoms with E-state index in [9.17, 15) is 13.2 Å². The molecule has 1 heterocycles. The van der Waals surface area contributed by atoms with Crippen molar-refractivity contribution in [3.8, 4) is 5.75 Å². The van der Waals surface area contributed by atoms with Crippen LogP contribution in [-0.2, 0) is 23.2 Å². The molecule has 0 saturated heterocycles. The van der Waals surface area contributed by atoms with Gasteiger partial charge in [-0.15, -0.1) is 0 Å². The number of unbranched alkanes of at least 4 members (excludes halogenated alkanes) is 1. The number of fused-ring (bicyclic) bond motifs is 1. The number of hydrogen-bond acceptors (Lipinski definition) is 6. The Hall–Kier alpha value is -3.11. The first-order valence-corrected chi connectivity index (χ1v) is 15.1. The maximum atomic E-state index is 13.9. The first-order chi connectivity index (χ1) is 18.6. The van der Waals surface area contributed by atoms with Gasteiger partial charge in [-0.1, -0.05) is 49.5 Å². The van der Waals surface area contributed by atoms with Crippen molar-refractivity contribution in [2.75, 3.05) is 11.5 Å². The second kappa shape index (κ2) is 12.0. The summed E-state index contributed by atoms with van der Waals surface area (Å²) in [6.45, 7) is 4.23. The number of carbonyl (C=O) groups is 1. The molecule has 0 aliphatic carbocycles. The summed E-state index contributed by atoms with van der Waals surface area (Å²) in [5.41, 5.74) is 9.34. The molecule has 206 valence electrons. The first kappa shape index (κ1) is 28.9. The monoisotopic (exact) mass is 589 g/mol. The molecule has 0 radical (unpaired) electrons. The van der Waals surface area contributed by atoms with E-state index < -0.39 is 20.5 Å². The fraction of sp³-hybridized carbons (Fsp3) is 0.286. The number of hydrogen-bond donors (Lipinski definition) is 2. The van der Waals surface area contributed by atoms with Gasteiger partial charge in [0.05, 0.1) is 15.8 Å². The van der Waals surface area contributed by atoms with Crippen LogP contribution in [0, 0.1) is 0 Å². The molecule has 3 N–H and O–H groups in total. The number of amidine groups is 1. The van der Waals surface area contributed by atoms with Crippen molar-refractivity contribution in [2.45, 2.75) is 46.3 Å². The maximum Gasteiger partial charge on any atom is 0.441 e. The highest BCUT2D eigenvalue weighted by Crippen LogP contribution is 2.44. The Morgan fingerprint density at radius 3 is 2.38 bits per heavy atom. The number of halogens is 2. The van der Waals surface area contributed by atoms with Crippen molar-refractivity contribution in [3.63, 3.8) is 0 Å². The Kier molecular flexibility index (Phi) is 8.86. The molecular weight excluding hydrogens is 559 g/mol. The molecule has 0 bridgehead atoms. The van der Waals surface area contributed by atoms with E-state index in [0.717, 1.165) is 11.1 Å². The van der Waals surface area contributed by atoms with Crippen LogP contribution in [0.15, 0.2) is 65.7 Å². The predicted octanol–water partition coefficient (Wildman–Crippen LogP) is 6.96. The predicted molar refractivity (Wildman–Crippen MR) is 158 cm³/mol. The standard InChI is InChI=1S/C28H30Cl2N4O4S/c1-3-5-14-39(36,37)33-28(35)34(26-16-21(31)9-13-25(26)32-27(34)4-2)17-19-6-10-22(11-7-19)38-18-20-8-12-23(29)24(30)15-20/h6-13,15-16H,3-5,14,17-18,31H2,1-2H3/p+1. The van der Waals surface area contributed by atoms with E-state index in [4.69, 9.17) is 38.7 Å². The topological polar surface area (TPSA) is 111 Å². The van der Waals surface area contributed by atoms with Gasteiger partial charge < -0.3 is 10.5 Å². The average molecular weight is 591 g/mol. The minimum absolute atomic E-state index is 0.136. The quantitative estimate of drug-likeness (QED) is 0.196. The maximum absolute atomic E-state index is 13.9. The molecule has 1 atom stereocenters. The van der Waals surface area contributed by atoms with Crippen molar-refractivity contribution < 1.29 is 17.9 Å². The summed E-state index contributed by atoms with van der Waals surface area (Å²) in [5.74, 6) is 1.01. The summed E-state index contributed by atoms with van der Waals surface area (Å²) in [4.78, 5) is 18.6. The third-order valence-electron chi connectivity index (χ3n) is 6.51. The summed E-state index contributed by atoms with van der Waals surface area (Å²) < 4.78 is 33.3. The lowest BCUT2D eigenvalue weighted by Crippen LogP contribution is -2.61. The van der Waals surface area contributed by atoms with Crippen molar-refractivity contribution in [3.05, 3.63) is 81.8 Å². The Morgan fingerprint density at radius 1 is 1.00 bits per heavy atom. The number of anilines is 1. The smallest absolute Gasteiger partial charge is 0.441 e. The number of nitrogens with two attached hydrogens (primary N) is 1. The Labute approximate surface area is 239 Å². The molecule has 3 aromatic rings. The van der Waals surface area contributed by atoms with Crippen LogP contribution in [0.1, 0.15) is 44.2 Å². The van der Waals surface area contributed by atoms with Gasteiger partial charge in [-0.2, -0.15) is 9.48 Å². The van der Waals surface area contributed by atoms with Gasteiger partial charge in [-0.25, -0.2) is 17.9 Å². The average Bonchev–Trinajstić information content (AvgIpc) is 3.22. The molecule has 1 aliphatic rings. The number of aliphatic imine (C=N–C) groups is 1. The zero-order valence-electron chi connectivity index (χ0n) is 21.8. The largest absolute Gasteiger partial charge is 0.489 e. The van der Waals surface area contributed by atoms with Gasteiger partial charge in [0.25, 0.3) is 0 Å². The van der Waals surface area contributed by atoms with Gasteiger partial charge in [0, 0.05) is 23.7 Å². The molecule has 39 heavy (non-hydrogen) atoms. The van der Waals surface area contributed by atoms with Crippen LogP contribution in [0.2, 0.25) is 10.0 Å². The fourth-order valence-electron chi connectivity index (χ4n) is 4.49. The molecule has 11 heteroatoms. The number of nitrogens with zero attached hydrogens (tertiary/aromatic N) is 2. The van der Waals surface area contributed by atoms with Crippen LogP contribution in [0.4, 0.5) is 21.9 Å². The molecule has 3 aromatic carbocycles. The van der Waals surface area contributed by atoms with Crippen LogP contribution in [0.3, 0.4) is 0 Å². The van der Waals surface area contributed by atoms with Gasteiger partial charge >= 0.3 is 6.03 Å². The number of nitrogen functional groups attached to an aromatic ring is 1. The number of rotatable bonds is 10. The molecule has 0 saturated carbocycles. The van der Waals surface area contributed by atoms with E-state index in [1.165, 1.54) is 0 Å². The highest BCUT2D eigenvalue weighted by molar-refractivity contribution is 7.90. The van der Waals surface area contributed by atoms with Crippen LogP contribution in [0.5, 0.6) is 5.75 Å². The van der Waals surface area contributed by atoms with Crippen LogP contribution in [0.25, 0.3) is 0 Å². The molecular formula is C28H31Cl2N4O4S+. The molecule has 0 spiro atoms. The number of sulfonamides is 1. The van der Waals surface area contributed by atoms with Gasteiger partial charge in [-0.05, 0) is 60.5 Å². The van der Waals surface area contributed by atoms with E-state index >= 15 is 0 Å². The third kappa shape index (κ3) is 6.38. The Bertz CT molecular complexity index is 1510. The zero-order chi connectivity index (χ0) is 28.2. The number of amides is 2. The summed E-state index contributed by atoms with van der Waals surface area (Å²) in [6.07, 6.45) is 1.57. The van der Waals surface area contributed by atoms with Gasteiger partial charge in [0.2, 0.25) is 15.9 Å². The van der Waals surface area contributed by atoms with Crippen LogP contribution < -0.4 is 19.7 Å². The van der Waals surface area contributed by atoms with Crippen LogP contribution in [-0.4, -0.2) is 26.0 Å². The van der Waals surface area contributed by atoms with E-state index in [-0.39, 0.29) is 12.3 Å². The summed E-state index contributed by atoms with van der Waals surface area (Å²) >= 11 is 12.1. The number of urea groups is 1. The van der Waals surface area contributed by atoms with Crippen molar-refractivity contribution in [1.29, 1.82) is 0 Å². The molecule has 4 rings (SSSR count). The molecule has 0 aromatic heterocycles. The van der Waals surface area contributed by atoms with E-state index in [1.54, 1.807) is 42.5 Å². The zero-order valence-corrected chi connectivity index (χ0v) is 24.1. The SMILES string of the molecule is CCCCS(=O)(=O)NC(=O)[N+]1(Cc2ccc(OCc3ccc(Cl)c(Cl)c3)cc2)C(CC)=Nc2ccc(N)cc21. The first-order valence-electron chi connectivity index (χ1n) is 12.6. The van der Waals surface area contributed by atoms with Crippen molar-refractivity contribution in [1.82, 2.24) is 9.21 Å². The number of quaternary nitrogens is 1. The molecule has 1 aliphatic heterocycles. The number of nitrogens with one attached hydrogen (secondary N) is 1. The van der Waals surface area contributed by atoms with Crippen molar-refractivity contribution >= 4 is 62.2 Å². The van der Waals surface area contributed by atoms with E-state index in [2.05, 4.69) is 4.72 Å². The normalized spacial score (nSPS) is 16.5. The summed E-state index contributed by atoms with van der Waals surface area (Å²) in [7, 11) is -3.84. The van der Waals surface area contributed by atoms with E-state index in [0.29, 0.717) is 64.6 Å². The highest BCUT2D eigenvalue weighted by Gasteiger charge is 2.51. The van der Waals surface area contributed by atoms with E-state index in [1.807, 2.05) is 32.0 Å². The Morgan fingerprint density at radius 2 is 1.72 bits per heavy atom.